The van der Waals surface area contributed by atoms with Crippen LogP contribution in [0, 0.1) is 6.92 Å². The van der Waals surface area contributed by atoms with Gasteiger partial charge in [-0.3, -0.25) is 9.59 Å². The molecule has 1 aromatic heterocycles. The van der Waals surface area contributed by atoms with Crippen LogP contribution in [0.2, 0.25) is 0 Å². The average Bonchev–Trinajstić information content (AvgIpc) is 2.48. The van der Waals surface area contributed by atoms with E-state index in [0.29, 0.717) is 17.2 Å². The molecule has 0 unspecified atom stereocenters. The highest BCUT2D eigenvalue weighted by Crippen LogP contribution is 2.33. The van der Waals surface area contributed by atoms with Gasteiger partial charge < -0.3 is 19.8 Å². The van der Waals surface area contributed by atoms with Crippen LogP contribution in [0.25, 0.3) is 0 Å². The standard InChI is InChI=1S/C15H16N2O4/c1-9-6-12(20-2)13(21-3)8-11(9)17-15(19)10-4-5-16-14(18)7-10/h4-8H,1-3H3,(H,16,18)(H,17,19). The van der Waals surface area contributed by atoms with Gasteiger partial charge in [-0.1, -0.05) is 0 Å². The van der Waals surface area contributed by atoms with Gasteiger partial charge in [0, 0.05) is 29.6 Å². The maximum absolute atomic E-state index is 12.1. The van der Waals surface area contributed by atoms with Crippen molar-refractivity contribution in [2.24, 2.45) is 0 Å². The Labute approximate surface area is 121 Å². The summed E-state index contributed by atoms with van der Waals surface area (Å²) in [7, 11) is 3.07. The average molecular weight is 288 g/mol. The van der Waals surface area contributed by atoms with E-state index in [2.05, 4.69) is 10.3 Å². The molecule has 0 spiro atoms. The predicted molar refractivity (Wildman–Crippen MR) is 79.3 cm³/mol. The Morgan fingerprint density at radius 2 is 1.81 bits per heavy atom. The zero-order valence-electron chi connectivity index (χ0n) is 12.0. The summed E-state index contributed by atoms with van der Waals surface area (Å²) in [5.74, 6) is 0.741. The molecule has 2 aromatic rings. The van der Waals surface area contributed by atoms with Crippen LogP contribution in [-0.4, -0.2) is 25.1 Å². The van der Waals surface area contributed by atoms with Crippen molar-refractivity contribution in [2.45, 2.75) is 6.92 Å². The minimum atomic E-state index is -0.364. The lowest BCUT2D eigenvalue weighted by Crippen LogP contribution is -2.16. The first-order chi connectivity index (χ1) is 10.0. The van der Waals surface area contributed by atoms with Gasteiger partial charge in [-0.25, -0.2) is 0 Å². The zero-order valence-corrected chi connectivity index (χ0v) is 12.0. The topological polar surface area (TPSA) is 80.4 Å². The molecule has 0 fully saturated rings. The first kappa shape index (κ1) is 14.6. The van der Waals surface area contributed by atoms with Gasteiger partial charge in [0.1, 0.15) is 0 Å². The number of H-pyrrole nitrogens is 1. The Kier molecular flexibility index (Phi) is 4.27. The zero-order chi connectivity index (χ0) is 15.4. The molecule has 6 heteroatoms. The van der Waals surface area contributed by atoms with Crippen LogP contribution in [0.5, 0.6) is 11.5 Å². The van der Waals surface area contributed by atoms with Crippen LogP contribution in [0.3, 0.4) is 0 Å². The maximum atomic E-state index is 12.1. The van der Waals surface area contributed by atoms with Crippen LogP contribution >= 0.6 is 0 Å². The number of carbonyl (C=O) groups excluding carboxylic acids is 1. The largest absolute Gasteiger partial charge is 0.493 e. The summed E-state index contributed by atoms with van der Waals surface area (Å²) < 4.78 is 10.4. The number of carbonyl (C=O) groups is 1. The van der Waals surface area contributed by atoms with Crippen molar-refractivity contribution < 1.29 is 14.3 Å². The second-order valence-corrected chi connectivity index (χ2v) is 4.42. The molecule has 2 N–H and O–H groups in total. The van der Waals surface area contributed by atoms with Crippen LogP contribution in [0.15, 0.2) is 35.3 Å². The Hall–Kier alpha value is -2.76. The van der Waals surface area contributed by atoms with Crippen molar-refractivity contribution in [1.29, 1.82) is 0 Å². The van der Waals surface area contributed by atoms with Crippen molar-refractivity contribution in [2.75, 3.05) is 19.5 Å². The first-order valence-corrected chi connectivity index (χ1v) is 6.28. The third-order valence-electron chi connectivity index (χ3n) is 3.02. The Morgan fingerprint density at radius 3 is 2.43 bits per heavy atom. The van der Waals surface area contributed by atoms with Gasteiger partial charge in [0.05, 0.1) is 14.2 Å². The smallest absolute Gasteiger partial charge is 0.255 e. The van der Waals surface area contributed by atoms with Crippen LogP contribution < -0.4 is 20.3 Å². The predicted octanol–water partition coefficient (Wildman–Crippen LogP) is 1.95. The summed E-state index contributed by atoms with van der Waals surface area (Å²) in [6.07, 6.45) is 1.43. The molecule has 0 aliphatic carbocycles. The highest BCUT2D eigenvalue weighted by atomic mass is 16.5. The molecule has 0 saturated heterocycles. The van der Waals surface area contributed by atoms with Gasteiger partial charge in [0.2, 0.25) is 5.56 Å². The van der Waals surface area contributed by atoms with Crippen molar-refractivity contribution in [1.82, 2.24) is 4.98 Å². The molecule has 0 aliphatic rings. The molecule has 0 radical (unpaired) electrons. The molecular weight excluding hydrogens is 272 g/mol. The molecular formula is C15H16N2O4. The van der Waals surface area contributed by atoms with Crippen molar-refractivity contribution in [3.63, 3.8) is 0 Å². The summed E-state index contributed by atoms with van der Waals surface area (Å²) in [5.41, 5.74) is 1.38. The maximum Gasteiger partial charge on any atom is 0.255 e. The number of aromatic nitrogens is 1. The van der Waals surface area contributed by atoms with E-state index in [0.717, 1.165) is 5.56 Å². The number of anilines is 1. The molecule has 1 amide bonds. The molecule has 1 aromatic carbocycles. The summed E-state index contributed by atoms with van der Waals surface area (Å²) in [4.78, 5) is 25.8. The number of aromatic amines is 1. The highest BCUT2D eigenvalue weighted by molar-refractivity contribution is 6.04. The van der Waals surface area contributed by atoms with E-state index in [-0.39, 0.29) is 17.0 Å². The summed E-state index contributed by atoms with van der Waals surface area (Å²) in [6, 6.07) is 6.23. The molecule has 0 atom stereocenters. The SMILES string of the molecule is COc1cc(C)c(NC(=O)c2cc[nH]c(=O)c2)cc1OC. The molecule has 0 bridgehead atoms. The minimum absolute atomic E-state index is 0.285. The molecule has 0 aliphatic heterocycles. The Bertz CT molecular complexity index is 722. The van der Waals surface area contributed by atoms with E-state index in [9.17, 15) is 9.59 Å². The number of methoxy groups -OCH3 is 2. The van der Waals surface area contributed by atoms with E-state index >= 15 is 0 Å². The molecule has 21 heavy (non-hydrogen) atoms. The number of ether oxygens (including phenoxy) is 2. The first-order valence-electron chi connectivity index (χ1n) is 6.28. The molecule has 2 rings (SSSR count). The van der Waals surface area contributed by atoms with Gasteiger partial charge in [0.25, 0.3) is 5.91 Å². The number of benzene rings is 1. The van der Waals surface area contributed by atoms with E-state index < -0.39 is 0 Å². The number of hydrogen-bond donors (Lipinski definition) is 2. The van der Waals surface area contributed by atoms with Crippen molar-refractivity contribution in [3.05, 3.63) is 51.9 Å². The third kappa shape index (κ3) is 3.22. The lowest BCUT2D eigenvalue weighted by Gasteiger charge is -2.13. The Morgan fingerprint density at radius 1 is 1.14 bits per heavy atom. The van der Waals surface area contributed by atoms with Gasteiger partial charge in [-0.15, -0.1) is 0 Å². The fourth-order valence-electron chi connectivity index (χ4n) is 1.90. The monoisotopic (exact) mass is 288 g/mol. The summed E-state index contributed by atoms with van der Waals surface area (Å²) in [5, 5.41) is 2.75. The number of nitrogens with one attached hydrogen (secondary N) is 2. The highest BCUT2D eigenvalue weighted by Gasteiger charge is 2.12. The Balaban J connectivity index is 2.31. The number of aryl methyl sites for hydroxylation is 1. The van der Waals surface area contributed by atoms with E-state index in [1.54, 1.807) is 19.2 Å². The van der Waals surface area contributed by atoms with E-state index in [4.69, 9.17) is 9.47 Å². The van der Waals surface area contributed by atoms with Crippen molar-refractivity contribution in [3.8, 4) is 11.5 Å². The molecule has 110 valence electrons. The normalized spacial score (nSPS) is 10.0. The number of hydrogen-bond acceptors (Lipinski definition) is 4. The number of amides is 1. The second-order valence-electron chi connectivity index (χ2n) is 4.42. The fourth-order valence-corrected chi connectivity index (χ4v) is 1.90. The van der Waals surface area contributed by atoms with Crippen LogP contribution in [0.4, 0.5) is 5.69 Å². The molecule has 6 nitrogen and oxygen atoms in total. The minimum Gasteiger partial charge on any atom is -0.493 e. The third-order valence-corrected chi connectivity index (χ3v) is 3.02. The number of pyridine rings is 1. The molecule has 0 saturated carbocycles. The van der Waals surface area contributed by atoms with Gasteiger partial charge in [0.15, 0.2) is 11.5 Å². The molecule has 1 heterocycles. The summed E-state index contributed by atoms with van der Waals surface area (Å²) in [6.45, 7) is 1.84. The number of rotatable bonds is 4. The quantitative estimate of drug-likeness (QED) is 0.901. The van der Waals surface area contributed by atoms with E-state index in [1.165, 1.54) is 25.4 Å². The fraction of sp³-hybridized carbons (Fsp3) is 0.200. The van der Waals surface area contributed by atoms with Crippen LogP contribution in [-0.2, 0) is 0 Å². The van der Waals surface area contributed by atoms with Gasteiger partial charge >= 0.3 is 0 Å². The van der Waals surface area contributed by atoms with Crippen LogP contribution in [0.1, 0.15) is 15.9 Å². The van der Waals surface area contributed by atoms with Crippen molar-refractivity contribution >= 4 is 11.6 Å². The summed E-state index contributed by atoms with van der Waals surface area (Å²) >= 11 is 0. The van der Waals surface area contributed by atoms with E-state index in [1.807, 2.05) is 6.92 Å². The van der Waals surface area contributed by atoms with Gasteiger partial charge in [-0.05, 0) is 24.6 Å². The van der Waals surface area contributed by atoms with Gasteiger partial charge in [-0.2, -0.15) is 0 Å². The lowest BCUT2D eigenvalue weighted by molar-refractivity contribution is 0.102. The lowest BCUT2D eigenvalue weighted by atomic mass is 10.1. The second kappa shape index (κ2) is 6.13.